The number of methoxy groups -OCH3 is 1. The Kier molecular flexibility index (Phi) is 15.8. The average Bonchev–Trinajstić information content (AvgIpc) is 3.93. The molecule has 1 saturated carbocycles. The van der Waals surface area contributed by atoms with Crippen LogP contribution in [0.3, 0.4) is 0 Å². The molecule has 2 aliphatic heterocycles. The van der Waals surface area contributed by atoms with E-state index in [0.29, 0.717) is 107 Å². The van der Waals surface area contributed by atoms with E-state index in [9.17, 15) is 19.5 Å². The SMILES string of the molecule is COc1ccc2c3c1O[C@H]1/C(=N\OCC(=O)NCCCOCCOCCOCCCNC(=O)CCCCCn4cc(C(=O)c5cccc6ccccc56)c5ccccc54)CC[C@@]4(O)[C@@H](C2)N(C)CC[C@]314. The van der Waals surface area contributed by atoms with E-state index in [-0.39, 0.29) is 30.2 Å². The van der Waals surface area contributed by atoms with Crippen LogP contribution in [-0.2, 0) is 47.0 Å². The maximum Gasteiger partial charge on any atom is 0.260 e. The number of ketones is 1. The Morgan fingerprint density at radius 3 is 2.29 bits per heavy atom. The number of ether oxygens (including phenoxy) is 5. The number of hydrogen-bond acceptors (Lipinski definition) is 12. The number of rotatable bonds is 26. The van der Waals surface area contributed by atoms with Crippen molar-refractivity contribution in [2.75, 3.05) is 80.0 Å². The van der Waals surface area contributed by atoms with Gasteiger partial charge < -0.3 is 53.7 Å². The van der Waals surface area contributed by atoms with Crippen LogP contribution in [0.5, 0.6) is 11.5 Å². The van der Waals surface area contributed by atoms with Gasteiger partial charge in [-0.3, -0.25) is 14.4 Å². The third-order valence-corrected chi connectivity index (χ3v) is 14.8. The zero-order valence-electron chi connectivity index (χ0n) is 40.5. The molecule has 2 fully saturated rings. The van der Waals surface area contributed by atoms with Crippen molar-refractivity contribution in [2.24, 2.45) is 5.16 Å². The predicted octanol–water partition coefficient (Wildman–Crippen LogP) is 6.51. The molecule has 1 aromatic heterocycles. The van der Waals surface area contributed by atoms with Crippen LogP contribution < -0.4 is 20.1 Å². The minimum atomic E-state index is -0.970. The molecule has 2 amide bonds. The fourth-order valence-corrected chi connectivity index (χ4v) is 11.4. The molecule has 0 unspecified atom stereocenters. The highest BCUT2D eigenvalue weighted by atomic mass is 16.6. The quantitative estimate of drug-likeness (QED) is 0.0314. The van der Waals surface area contributed by atoms with Gasteiger partial charge in [-0.05, 0) is 93.4 Å². The van der Waals surface area contributed by atoms with Crippen molar-refractivity contribution in [1.82, 2.24) is 20.1 Å². The van der Waals surface area contributed by atoms with E-state index in [1.54, 1.807) is 7.11 Å². The van der Waals surface area contributed by atoms with Gasteiger partial charge in [-0.15, -0.1) is 0 Å². The molecule has 4 aromatic carbocycles. The standard InChI is InChI=1S/C55H67N5O10/c1-59-28-24-54-50-39-20-21-46(65-2)52(50)70-53(54)44(22-23-55(54,64)47(59)35-39)58-69-37-49(62)57-26-12-30-67-32-34-68-33-31-66-29-11-25-56-48(61)19-4-3-9-27-60-36-43(41-16-7-8-18-45(41)60)51(63)42-17-10-14-38-13-5-6-15-40(38)42/h5-8,10,13-18,20-21,36,47,53,64H,3-4,9,11-12,19,22-35,37H2,1-2H3,(H,56,61)(H,57,62)/b58-44-/t47-,53+,54+,55-/m1/s1. The highest BCUT2D eigenvalue weighted by Gasteiger charge is 2.72. The largest absolute Gasteiger partial charge is 0.493 e. The fraction of sp³-hybridized carbons (Fsp3) is 0.491. The van der Waals surface area contributed by atoms with Gasteiger partial charge >= 0.3 is 0 Å². The lowest BCUT2D eigenvalue weighted by Gasteiger charge is -2.62. The van der Waals surface area contributed by atoms with Crippen LogP contribution in [-0.4, -0.2) is 136 Å². The van der Waals surface area contributed by atoms with Crippen molar-refractivity contribution in [2.45, 2.75) is 93.9 Å². The Morgan fingerprint density at radius 1 is 0.786 bits per heavy atom. The summed E-state index contributed by atoms with van der Waals surface area (Å²) in [4.78, 5) is 46.7. The van der Waals surface area contributed by atoms with Crippen LogP contribution in [0.15, 0.2) is 90.2 Å². The normalized spacial score (nSPS) is 21.7. The minimum absolute atomic E-state index is 0.0209. The lowest BCUT2D eigenvalue weighted by atomic mass is 9.49. The number of amides is 2. The molecule has 372 valence electrons. The van der Waals surface area contributed by atoms with E-state index in [1.807, 2.05) is 72.9 Å². The molecule has 9 rings (SSSR count). The highest BCUT2D eigenvalue weighted by Crippen LogP contribution is 2.64. The summed E-state index contributed by atoms with van der Waals surface area (Å²) >= 11 is 0. The van der Waals surface area contributed by atoms with E-state index in [2.05, 4.69) is 44.4 Å². The van der Waals surface area contributed by atoms with Gasteiger partial charge in [0, 0.05) is 79.1 Å². The Hall–Kier alpha value is -5.84. The Labute approximate surface area is 409 Å². The molecule has 1 spiro atoms. The first-order valence-electron chi connectivity index (χ1n) is 25.1. The summed E-state index contributed by atoms with van der Waals surface area (Å²) in [6.45, 7) is 5.18. The number of unbranched alkanes of at least 4 members (excludes halogenated alkanes) is 2. The topological polar surface area (TPSA) is 171 Å². The summed E-state index contributed by atoms with van der Waals surface area (Å²) in [7, 11) is 3.72. The second-order valence-corrected chi connectivity index (χ2v) is 19.0. The molecule has 2 bridgehead atoms. The Morgan fingerprint density at radius 2 is 1.50 bits per heavy atom. The summed E-state index contributed by atoms with van der Waals surface area (Å²) in [5, 5.41) is 25.6. The summed E-state index contributed by atoms with van der Waals surface area (Å²) < 4.78 is 31.4. The summed E-state index contributed by atoms with van der Waals surface area (Å²) in [6, 6.07) is 26.0. The number of carbonyl (C=O) groups is 3. The van der Waals surface area contributed by atoms with Crippen molar-refractivity contribution in [1.29, 1.82) is 0 Å². The van der Waals surface area contributed by atoms with Gasteiger partial charge in [0.2, 0.25) is 5.91 Å². The van der Waals surface area contributed by atoms with Crippen molar-refractivity contribution < 1.29 is 48.0 Å². The van der Waals surface area contributed by atoms with Crippen molar-refractivity contribution in [3.05, 3.63) is 107 Å². The van der Waals surface area contributed by atoms with Gasteiger partial charge in [0.15, 0.2) is 30.0 Å². The van der Waals surface area contributed by atoms with Crippen LogP contribution in [0.2, 0.25) is 0 Å². The van der Waals surface area contributed by atoms with E-state index < -0.39 is 17.1 Å². The molecule has 2 aliphatic carbocycles. The van der Waals surface area contributed by atoms with E-state index >= 15 is 0 Å². The number of para-hydroxylation sites is 1. The zero-order chi connectivity index (χ0) is 48.5. The smallest absolute Gasteiger partial charge is 0.260 e. The first-order valence-corrected chi connectivity index (χ1v) is 25.1. The van der Waals surface area contributed by atoms with Gasteiger partial charge in [-0.2, -0.15) is 0 Å². The second-order valence-electron chi connectivity index (χ2n) is 19.0. The second kappa shape index (κ2) is 22.5. The van der Waals surface area contributed by atoms with Crippen LogP contribution in [0, 0.1) is 0 Å². The van der Waals surface area contributed by atoms with Gasteiger partial charge in [0.1, 0.15) is 0 Å². The first kappa shape index (κ1) is 49.2. The summed E-state index contributed by atoms with van der Waals surface area (Å²) in [6.07, 6.45) is 8.47. The number of aryl methyl sites for hydroxylation is 1. The lowest BCUT2D eigenvalue weighted by Crippen LogP contribution is -2.76. The van der Waals surface area contributed by atoms with Crippen molar-refractivity contribution in [3.63, 3.8) is 0 Å². The maximum absolute atomic E-state index is 13.8. The van der Waals surface area contributed by atoms with Gasteiger partial charge in [0.25, 0.3) is 5.91 Å². The fourth-order valence-electron chi connectivity index (χ4n) is 11.4. The van der Waals surface area contributed by atoms with Gasteiger partial charge in [0.05, 0.1) is 50.3 Å². The number of piperidine rings is 1. The summed E-state index contributed by atoms with van der Waals surface area (Å²) in [5.74, 6) is 1.15. The monoisotopic (exact) mass is 957 g/mol. The summed E-state index contributed by atoms with van der Waals surface area (Å²) in [5.41, 5.74) is 3.79. The molecule has 70 heavy (non-hydrogen) atoms. The third-order valence-electron chi connectivity index (χ3n) is 14.8. The number of carbonyl (C=O) groups excluding carboxylic acids is 3. The number of aliphatic hydroxyl groups is 1. The van der Waals surface area contributed by atoms with Crippen LogP contribution in [0.25, 0.3) is 21.7 Å². The predicted molar refractivity (Wildman–Crippen MR) is 267 cm³/mol. The van der Waals surface area contributed by atoms with Crippen molar-refractivity contribution in [3.8, 4) is 11.5 Å². The first-order chi connectivity index (χ1) is 34.2. The molecule has 3 N–H and O–H groups in total. The molecule has 4 atom stereocenters. The molecule has 15 heteroatoms. The molecular formula is C55H67N5O10. The number of nitrogens with one attached hydrogen (secondary N) is 2. The van der Waals surface area contributed by atoms with Crippen LogP contribution in [0.4, 0.5) is 0 Å². The lowest BCUT2D eigenvalue weighted by molar-refractivity contribution is -0.161. The zero-order valence-corrected chi connectivity index (χ0v) is 40.5. The van der Waals surface area contributed by atoms with E-state index in [0.717, 1.165) is 78.9 Å². The van der Waals surface area contributed by atoms with E-state index in [4.69, 9.17) is 28.5 Å². The molecule has 3 heterocycles. The van der Waals surface area contributed by atoms with Crippen LogP contribution in [0.1, 0.15) is 84.8 Å². The third kappa shape index (κ3) is 10.0. The number of fused-ring (bicyclic) bond motifs is 2. The number of hydrogen-bond donors (Lipinski definition) is 3. The van der Waals surface area contributed by atoms with E-state index in [1.165, 1.54) is 5.56 Å². The maximum atomic E-state index is 13.8. The molecule has 5 aromatic rings. The number of oxime groups is 1. The molecule has 1 saturated heterocycles. The highest BCUT2D eigenvalue weighted by molar-refractivity contribution is 6.21. The van der Waals surface area contributed by atoms with Gasteiger partial charge in [-0.25, -0.2) is 0 Å². The Balaban J connectivity index is 0.572. The molecular weight excluding hydrogens is 891 g/mol. The Bertz CT molecular complexity index is 2680. The number of nitrogens with zero attached hydrogens (tertiary/aromatic N) is 3. The van der Waals surface area contributed by atoms with Crippen molar-refractivity contribution >= 4 is 45.0 Å². The number of likely N-dealkylation sites (tertiary alicyclic amines) is 1. The minimum Gasteiger partial charge on any atom is -0.493 e. The number of likely N-dealkylation sites (N-methyl/N-ethyl adjacent to an activating group) is 1. The average molecular weight is 958 g/mol. The molecule has 15 nitrogen and oxygen atoms in total. The van der Waals surface area contributed by atoms with Gasteiger partial charge in [-0.1, -0.05) is 78.3 Å². The number of aromatic nitrogens is 1. The number of benzene rings is 4. The van der Waals surface area contributed by atoms with Crippen LogP contribution >= 0.6 is 0 Å². The molecule has 4 aliphatic rings. The molecule has 0 radical (unpaired) electrons.